The summed E-state index contributed by atoms with van der Waals surface area (Å²) in [5, 5.41) is 6.37. The van der Waals surface area contributed by atoms with E-state index in [-0.39, 0.29) is 0 Å². The van der Waals surface area contributed by atoms with Gasteiger partial charge in [-0.2, -0.15) is 15.0 Å². The van der Waals surface area contributed by atoms with Crippen LogP contribution >= 0.6 is 0 Å². The maximum atomic E-state index is 5.09. The summed E-state index contributed by atoms with van der Waals surface area (Å²) < 4.78 is 5.09. The van der Waals surface area contributed by atoms with Crippen molar-refractivity contribution in [2.24, 2.45) is 5.92 Å². The maximum Gasteiger partial charge on any atom is 0.322 e. The number of hydrogen-bond acceptors (Lipinski definition) is 6. The summed E-state index contributed by atoms with van der Waals surface area (Å²) in [6.45, 7) is 8.29. The van der Waals surface area contributed by atoms with Crippen LogP contribution in [0.1, 0.15) is 46.5 Å². The summed E-state index contributed by atoms with van der Waals surface area (Å²) >= 11 is 0. The van der Waals surface area contributed by atoms with Gasteiger partial charge in [-0.05, 0) is 18.8 Å². The van der Waals surface area contributed by atoms with E-state index in [2.05, 4.69) is 46.4 Å². The molecule has 6 heteroatoms. The Labute approximate surface area is 121 Å². The number of nitrogens with one attached hydrogen (secondary N) is 2. The normalized spacial score (nSPS) is 10.7. The molecule has 0 spiro atoms. The van der Waals surface area contributed by atoms with Gasteiger partial charge in [-0.1, -0.05) is 33.6 Å². The lowest BCUT2D eigenvalue weighted by Gasteiger charge is -2.09. The Morgan fingerprint density at radius 1 is 1.00 bits per heavy atom. The molecule has 0 aliphatic rings. The summed E-state index contributed by atoms with van der Waals surface area (Å²) in [6.07, 6.45) is 4.61. The molecule has 6 nitrogen and oxygen atoms in total. The third-order valence-electron chi connectivity index (χ3n) is 2.82. The van der Waals surface area contributed by atoms with Gasteiger partial charge in [-0.15, -0.1) is 0 Å². The molecule has 0 bridgehead atoms. The molecule has 0 aliphatic carbocycles. The Bertz CT molecular complexity index is 384. The molecule has 1 aromatic rings. The van der Waals surface area contributed by atoms with Crippen LogP contribution in [-0.2, 0) is 0 Å². The van der Waals surface area contributed by atoms with E-state index in [0.717, 1.165) is 31.8 Å². The summed E-state index contributed by atoms with van der Waals surface area (Å²) in [6, 6.07) is 0.336. The van der Waals surface area contributed by atoms with Crippen LogP contribution in [0.3, 0.4) is 0 Å². The smallest absolute Gasteiger partial charge is 0.322 e. The minimum Gasteiger partial charge on any atom is -0.467 e. The largest absolute Gasteiger partial charge is 0.467 e. The van der Waals surface area contributed by atoms with E-state index >= 15 is 0 Å². The van der Waals surface area contributed by atoms with Gasteiger partial charge in [0.1, 0.15) is 0 Å². The van der Waals surface area contributed by atoms with Crippen LogP contribution < -0.4 is 15.4 Å². The summed E-state index contributed by atoms with van der Waals surface area (Å²) in [4.78, 5) is 12.7. The van der Waals surface area contributed by atoms with Gasteiger partial charge >= 0.3 is 6.01 Å². The Morgan fingerprint density at radius 3 is 2.20 bits per heavy atom. The molecule has 2 N–H and O–H groups in total. The van der Waals surface area contributed by atoms with Crippen molar-refractivity contribution in [2.45, 2.75) is 46.5 Å². The van der Waals surface area contributed by atoms with E-state index in [1.54, 1.807) is 7.11 Å². The Balaban J connectivity index is 2.46. The molecular formula is C14H27N5O. The quantitative estimate of drug-likeness (QED) is 0.642. The monoisotopic (exact) mass is 281 g/mol. The van der Waals surface area contributed by atoms with Crippen LogP contribution in [0, 0.1) is 5.92 Å². The number of aromatic nitrogens is 3. The number of nitrogens with zero attached hydrogens (tertiary/aromatic N) is 3. The zero-order valence-corrected chi connectivity index (χ0v) is 13.1. The molecule has 0 saturated heterocycles. The van der Waals surface area contributed by atoms with Crippen molar-refractivity contribution >= 4 is 11.9 Å². The van der Waals surface area contributed by atoms with E-state index in [0.29, 0.717) is 17.9 Å². The third-order valence-corrected chi connectivity index (χ3v) is 2.82. The first-order valence-electron chi connectivity index (χ1n) is 7.43. The highest BCUT2D eigenvalue weighted by molar-refractivity contribution is 5.35. The zero-order valence-electron chi connectivity index (χ0n) is 13.1. The first-order chi connectivity index (χ1) is 9.65. The van der Waals surface area contributed by atoms with Crippen LogP contribution in [-0.4, -0.2) is 35.2 Å². The van der Waals surface area contributed by atoms with E-state index < -0.39 is 0 Å². The van der Waals surface area contributed by atoms with E-state index in [1.807, 2.05) is 0 Å². The van der Waals surface area contributed by atoms with E-state index in [9.17, 15) is 0 Å². The second-order valence-electron chi connectivity index (χ2n) is 5.21. The number of hydrogen-bond donors (Lipinski definition) is 2. The number of ether oxygens (including phenoxy) is 1. The third kappa shape index (κ3) is 6.54. The molecule has 1 heterocycles. The SMILES string of the molecule is CCCNc1nc(NCCCCC(C)C)nc(OC)n1. The van der Waals surface area contributed by atoms with E-state index in [1.165, 1.54) is 12.8 Å². The average molecular weight is 281 g/mol. The molecule has 1 rings (SSSR count). The number of unbranched alkanes of at least 4 members (excludes halogenated alkanes) is 1. The lowest BCUT2D eigenvalue weighted by molar-refractivity contribution is 0.379. The van der Waals surface area contributed by atoms with Gasteiger partial charge in [-0.25, -0.2) is 0 Å². The van der Waals surface area contributed by atoms with Gasteiger partial charge < -0.3 is 15.4 Å². The van der Waals surface area contributed by atoms with Crippen molar-refractivity contribution < 1.29 is 4.74 Å². The Kier molecular flexibility index (Phi) is 7.69. The first kappa shape index (κ1) is 16.5. The van der Waals surface area contributed by atoms with Crippen molar-refractivity contribution in [3.8, 4) is 6.01 Å². The molecule has 20 heavy (non-hydrogen) atoms. The molecule has 0 aliphatic heterocycles. The Hall–Kier alpha value is -1.59. The lowest BCUT2D eigenvalue weighted by Crippen LogP contribution is -2.11. The minimum absolute atomic E-state index is 0.336. The second kappa shape index (κ2) is 9.34. The van der Waals surface area contributed by atoms with Crippen molar-refractivity contribution in [3.63, 3.8) is 0 Å². The average Bonchev–Trinajstić information content (AvgIpc) is 2.44. The molecule has 1 aromatic heterocycles. The molecule has 114 valence electrons. The fraction of sp³-hybridized carbons (Fsp3) is 0.786. The highest BCUT2D eigenvalue weighted by Gasteiger charge is 2.05. The first-order valence-corrected chi connectivity index (χ1v) is 7.43. The van der Waals surface area contributed by atoms with Gasteiger partial charge in [0.25, 0.3) is 0 Å². The molecule has 0 radical (unpaired) electrons. The van der Waals surface area contributed by atoms with Crippen molar-refractivity contribution in [1.82, 2.24) is 15.0 Å². The maximum absolute atomic E-state index is 5.09. The molecule has 0 aromatic carbocycles. The van der Waals surface area contributed by atoms with Crippen LogP contribution in [0.2, 0.25) is 0 Å². The molecular weight excluding hydrogens is 254 g/mol. The second-order valence-corrected chi connectivity index (χ2v) is 5.21. The van der Waals surface area contributed by atoms with Gasteiger partial charge in [0.2, 0.25) is 11.9 Å². The summed E-state index contributed by atoms with van der Waals surface area (Å²) in [5.74, 6) is 1.89. The highest BCUT2D eigenvalue weighted by atomic mass is 16.5. The van der Waals surface area contributed by atoms with Crippen LogP contribution in [0.5, 0.6) is 6.01 Å². The van der Waals surface area contributed by atoms with Gasteiger partial charge in [-0.3, -0.25) is 0 Å². The lowest BCUT2D eigenvalue weighted by atomic mass is 10.1. The molecule has 0 saturated carbocycles. The zero-order chi connectivity index (χ0) is 14.8. The number of anilines is 2. The highest BCUT2D eigenvalue weighted by Crippen LogP contribution is 2.11. The molecule has 0 unspecified atom stereocenters. The topological polar surface area (TPSA) is 72.0 Å². The van der Waals surface area contributed by atoms with Crippen molar-refractivity contribution in [3.05, 3.63) is 0 Å². The molecule has 0 amide bonds. The molecule has 0 atom stereocenters. The predicted octanol–water partition coefficient (Wildman–Crippen LogP) is 2.94. The van der Waals surface area contributed by atoms with Crippen molar-refractivity contribution in [1.29, 1.82) is 0 Å². The van der Waals surface area contributed by atoms with Crippen LogP contribution in [0.25, 0.3) is 0 Å². The minimum atomic E-state index is 0.336. The number of methoxy groups -OCH3 is 1. The van der Waals surface area contributed by atoms with E-state index in [4.69, 9.17) is 4.74 Å². The van der Waals surface area contributed by atoms with Crippen LogP contribution in [0.15, 0.2) is 0 Å². The van der Waals surface area contributed by atoms with Crippen molar-refractivity contribution in [2.75, 3.05) is 30.8 Å². The fourth-order valence-electron chi connectivity index (χ4n) is 1.72. The standard InChI is InChI=1S/C14H27N5O/c1-5-9-15-12-17-13(19-14(18-12)20-4)16-10-7-6-8-11(2)3/h11H,5-10H2,1-4H3,(H2,15,16,17,18,19). The Morgan fingerprint density at radius 2 is 1.65 bits per heavy atom. The van der Waals surface area contributed by atoms with Gasteiger partial charge in [0.15, 0.2) is 0 Å². The fourth-order valence-corrected chi connectivity index (χ4v) is 1.72. The number of rotatable bonds is 10. The van der Waals surface area contributed by atoms with Gasteiger partial charge in [0.05, 0.1) is 7.11 Å². The predicted molar refractivity (Wildman–Crippen MR) is 82.3 cm³/mol. The summed E-state index contributed by atoms with van der Waals surface area (Å²) in [7, 11) is 1.56. The van der Waals surface area contributed by atoms with Crippen LogP contribution in [0.4, 0.5) is 11.9 Å². The molecule has 0 fully saturated rings. The summed E-state index contributed by atoms with van der Waals surface area (Å²) in [5.41, 5.74) is 0. The van der Waals surface area contributed by atoms with Gasteiger partial charge in [0, 0.05) is 13.1 Å².